The molecule has 1 N–H and O–H groups in total. The number of halogens is 1. The lowest BCUT2D eigenvalue weighted by Crippen LogP contribution is -2.04. The van der Waals surface area contributed by atoms with Crippen LogP contribution in [0.1, 0.15) is 23.2 Å². The number of methoxy groups -OCH3 is 1. The number of nitrogens with zero attached hydrogens (tertiary/aromatic N) is 2. The summed E-state index contributed by atoms with van der Waals surface area (Å²) in [6.45, 7) is 4.10. The van der Waals surface area contributed by atoms with Crippen LogP contribution in [0, 0.1) is 13.8 Å². The van der Waals surface area contributed by atoms with E-state index in [1.54, 1.807) is 23.9 Å². The molecule has 0 aliphatic carbocycles. The zero-order valence-electron chi connectivity index (χ0n) is 14.4. The maximum absolute atomic E-state index is 9.04. The average Bonchev–Trinajstić information content (AvgIpc) is 2.79. The second kappa shape index (κ2) is 8.37. The number of aryl methyl sites for hydroxylation is 3. The van der Waals surface area contributed by atoms with Crippen molar-refractivity contribution >= 4 is 11.6 Å². The SMILES string of the molecule is COCOc1cc(Oc2c(C)c(C)nn2C)c(Cl)cc1CCCO. The van der Waals surface area contributed by atoms with Crippen LogP contribution in [0.25, 0.3) is 0 Å². The molecule has 1 aromatic heterocycles. The number of aliphatic hydroxyl groups is 1. The molecule has 1 heterocycles. The highest BCUT2D eigenvalue weighted by atomic mass is 35.5. The van der Waals surface area contributed by atoms with Gasteiger partial charge in [-0.15, -0.1) is 0 Å². The zero-order chi connectivity index (χ0) is 17.7. The standard InChI is InChI=1S/C17H23ClN2O4/c1-11-12(2)19-20(3)17(11)24-16-9-15(23-10-22-4)13(6-5-7-21)8-14(16)18/h8-9,21H,5-7,10H2,1-4H3. The van der Waals surface area contributed by atoms with Crippen LogP contribution in [-0.2, 0) is 18.2 Å². The van der Waals surface area contributed by atoms with Crippen LogP contribution < -0.4 is 9.47 Å². The predicted molar refractivity (Wildman–Crippen MR) is 92.1 cm³/mol. The molecule has 2 aromatic rings. The van der Waals surface area contributed by atoms with E-state index in [4.69, 9.17) is 30.9 Å². The molecular formula is C17H23ClN2O4. The molecule has 0 spiro atoms. The van der Waals surface area contributed by atoms with Crippen LogP contribution in [0.2, 0.25) is 5.02 Å². The monoisotopic (exact) mass is 354 g/mol. The van der Waals surface area contributed by atoms with Gasteiger partial charge < -0.3 is 19.3 Å². The fraction of sp³-hybridized carbons (Fsp3) is 0.471. The molecule has 0 radical (unpaired) electrons. The van der Waals surface area contributed by atoms with Gasteiger partial charge in [0.2, 0.25) is 5.88 Å². The molecule has 24 heavy (non-hydrogen) atoms. The van der Waals surface area contributed by atoms with E-state index in [0.717, 1.165) is 16.8 Å². The van der Waals surface area contributed by atoms with Gasteiger partial charge in [-0.05, 0) is 38.3 Å². The third-order valence-corrected chi connectivity index (χ3v) is 4.01. The minimum absolute atomic E-state index is 0.104. The average molecular weight is 355 g/mol. The van der Waals surface area contributed by atoms with Crippen LogP contribution in [-0.4, -0.2) is 35.4 Å². The van der Waals surface area contributed by atoms with Gasteiger partial charge in [0, 0.05) is 32.4 Å². The molecule has 132 valence electrons. The summed E-state index contributed by atoms with van der Waals surface area (Å²) in [4.78, 5) is 0. The van der Waals surface area contributed by atoms with Crippen molar-refractivity contribution in [3.8, 4) is 17.4 Å². The largest absolute Gasteiger partial charge is 0.467 e. The molecule has 7 heteroatoms. The van der Waals surface area contributed by atoms with Crippen LogP contribution >= 0.6 is 11.6 Å². The zero-order valence-corrected chi connectivity index (χ0v) is 15.2. The molecule has 0 amide bonds. The maximum Gasteiger partial charge on any atom is 0.220 e. The molecule has 0 aliphatic rings. The maximum atomic E-state index is 9.04. The summed E-state index contributed by atoms with van der Waals surface area (Å²) >= 11 is 6.37. The van der Waals surface area contributed by atoms with Crippen molar-refractivity contribution in [2.45, 2.75) is 26.7 Å². The van der Waals surface area contributed by atoms with Crippen LogP contribution in [0.15, 0.2) is 12.1 Å². The van der Waals surface area contributed by atoms with E-state index >= 15 is 0 Å². The molecule has 0 bridgehead atoms. The van der Waals surface area contributed by atoms with Gasteiger partial charge in [-0.3, -0.25) is 0 Å². The minimum atomic E-state index is 0.104. The van der Waals surface area contributed by atoms with E-state index in [-0.39, 0.29) is 13.4 Å². The molecule has 0 fully saturated rings. The Bertz CT molecular complexity index is 700. The van der Waals surface area contributed by atoms with E-state index in [0.29, 0.717) is 35.2 Å². The normalized spacial score (nSPS) is 10.9. The Hall–Kier alpha value is -1.76. The third kappa shape index (κ3) is 4.20. The summed E-state index contributed by atoms with van der Waals surface area (Å²) in [5.74, 6) is 1.75. The van der Waals surface area contributed by atoms with Gasteiger partial charge in [0.25, 0.3) is 0 Å². The van der Waals surface area contributed by atoms with Gasteiger partial charge in [0.05, 0.1) is 10.7 Å². The smallest absolute Gasteiger partial charge is 0.220 e. The second-order valence-electron chi connectivity index (χ2n) is 5.51. The van der Waals surface area contributed by atoms with Crippen LogP contribution in [0.4, 0.5) is 0 Å². The van der Waals surface area contributed by atoms with E-state index in [9.17, 15) is 0 Å². The Balaban J connectivity index is 2.35. The predicted octanol–water partition coefficient (Wildman–Crippen LogP) is 3.39. The first-order valence-electron chi connectivity index (χ1n) is 7.71. The molecule has 0 atom stereocenters. The highest BCUT2D eigenvalue weighted by molar-refractivity contribution is 6.32. The lowest BCUT2D eigenvalue weighted by molar-refractivity contribution is 0.0502. The quantitative estimate of drug-likeness (QED) is 0.736. The second-order valence-corrected chi connectivity index (χ2v) is 5.92. The van der Waals surface area contributed by atoms with Gasteiger partial charge in [-0.25, -0.2) is 4.68 Å². The highest BCUT2D eigenvalue weighted by Gasteiger charge is 2.16. The van der Waals surface area contributed by atoms with E-state index < -0.39 is 0 Å². The summed E-state index contributed by atoms with van der Waals surface area (Å²) in [5, 5.41) is 13.9. The van der Waals surface area contributed by atoms with Crippen molar-refractivity contribution in [3.63, 3.8) is 0 Å². The number of rotatable bonds is 8. The molecule has 6 nitrogen and oxygen atoms in total. The first kappa shape index (κ1) is 18.6. The molecule has 2 rings (SSSR count). The topological polar surface area (TPSA) is 65.7 Å². The van der Waals surface area contributed by atoms with Crippen molar-refractivity contribution in [2.75, 3.05) is 20.5 Å². The number of benzene rings is 1. The van der Waals surface area contributed by atoms with Crippen molar-refractivity contribution < 1.29 is 19.3 Å². The van der Waals surface area contributed by atoms with Gasteiger partial charge in [0.1, 0.15) is 5.75 Å². The molecule has 0 saturated carbocycles. The van der Waals surface area contributed by atoms with Gasteiger partial charge in [-0.2, -0.15) is 5.10 Å². The van der Waals surface area contributed by atoms with Gasteiger partial charge >= 0.3 is 0 Å². The Morgan fingerprint density at radius 3 is 2.58 bits per heavy atom. The van der Waals surface area contributed by atoms with Crippen molar-refractivity contribution in [1.29, 1.82) is 0 Å². The summed E-state index contributed by atoms with van der Waals surface area (Å²) in [6.07, 6.45) is 1.28. The molecule has 0 unspecified atom stereocenters. The first-order valence-corrected chi connectivity index (χ1v) is 8.08. The first-order chi connectivity index (χ1) is 11.5. The van der Waals surface area contributed by atoms with E-state index in [1.807, 2.05) is 20.9 Å². The number of ether oxygens (including phenoxy) is 3. The molecule has 1 aromatic carbocycles. The Morgan fingerprint density at radius 1 is 1.25 bits per heavy atom. The molecule has 0 saturated heterocycles. The summed E-state index contributed by atoms with van der Waals surface area (Å²) in [6, 6.07) is 3.55. The number of hydrogen-bond acceptors (Lipinski definition) is 5. The fourth-order valence-corrected chi connectivity index (χ4v) is 2.59. The Labute approximate surface area is 146 Å². The number of aromatic nitrogens is 2. The van der Waals surface area contributed by atoms with Crippen LogP contribution in [0.3, 0.4) is 0 Å². The summed E-state index contributed by atoms with van der Waals surface area (Å²) in [5.41, 5.74) is 2.76. The van der Waals surface area contributed by atoms with Crippen molar-refractivity contribution in [2.24, 2.45) is 7.05 Å². The minimum Gasteiger partial charge on any atom is -0.467 e. The Morgan fingerprint density at radius 2 is 2.00 bits per heavy atom. The number of hydrogen-bond donors (Lipinski definition) is 1. The Kier molecular flexibility index (Phi) is 6.48. The van der Waals surface area contributed by atoms with Gasteiger partial charge in [0.15, 0.2) is 12.5 Å². The van der Waals surface area contributed by atoms with Crippen LogP contribution in [0.5, 0.6) is 17.4 Å². The van der Waals surface area contributed by atoms with E-state index in [1.165, 1.54) is 0 Å². The van der Waals surface area contributed by atoms with Gasteiger partial charge in [-0.1, -0.05) is 11.6 Å². The lowest BCUT2D eigenvalue weighted by atomic mass is 10.1. The van der Waals surface area contributed by atoms with Crippen molar-refractivity contribution in [3.05, 3.63) is 34.0 Å². The van der Waals surface area contributed by atoms with E-state index in [2.05, 4.69) is 5.10 Å². The fourth-order valence-electron chi connectivity index (χ4n) is 2.37. The molecular weight excluding hydrogens is 332 g/mol. The lowest BCUT2D eigenvalue weighted by Gasteiger charge is -2.15. The number of aliphatic hydroxyl groups excluding tert-OH is 1. The highest BCUT2D eigenvalue weighted by Crippen LogP contribution is 2.37. The molecule has 0 aliphatic heterocycles. The summed E-state index contributed by atoms with van der Waals surface area (Å²) in [7, 11) is 3.38. The van der Waals surface area contributed by atoms with Crippen molar-refractivity contribution in [1.82, 2.24) is 9.78 Å². The third-order valence-electron chi connectivity index (χ3n) is 3.72. The summed E-state index contributed by atoms with van der Waals surface area (Å²) < 4.78 is 18.2.